The summed E-state index contributed by atoms with van der Waals surface area (Å²) in [6.07, 6.45) is 1.97. The van der Waals surface area contributed by atoms with Crippen LogP contribution in [-0.4, -0.2) is 38.0 Å². The molecule has 0 spiro atoms. The maximum absolute atomic E-state index is 12.1. The molecule has 0 radical (unpaired) electrons. The van der Waals surface area contributed by atoms with Gasteiger partial charge in [-0.2, -0.15) is 0 Å². The molecule has 6 nitrogen and oxygen atoms in total. The van der Waals surface area contributed by atoms with Crippen LogP contribution in [0.5, 0.6) is 11.5 Å². The van der Waals surface area contributed by atoms with Gasteiger partial charge in [-0.25, -0.2) is 9.86 Å². The third kappa shape index (κ3) is 4.04. The number of ether oxygens (including phenoxy) is 2. The predicted molar refractivity (Wildman–Crippen MR) is 83.0 cm³/mol. The van der Waals surface area contributed by atoms with Gasteiger partial charge in [-0.3, -0.25) is 4.84 Å². The number of methoxy groups -OCH3 is 1. The number of hydroxylamine groups is 2. The Kier molecular flexibility index (Phi) is 5.89. The number of nitrogens with one attached hydrogen (secondary N) is 1. The number of rotatable bonds is 5. The molecule has 22 heavy (non-hydrogen) atoms. The molecule has 1 aromatic rings. The molecule has 1 aliphatic rings. The highest BCUT2D eigenvalue weighted by Gasteiger charge is 2.20. The molecule has 1 aromatic carbocycles. The molecule has 2 rings (SSSR count). The monoisotopic (exact) mass is 308 g/mol. The highest BCUT2D eigenvalue weighted by Crippen LogP contribution is 2.30. The average Bonchev–Trinajstić information content (AvgIpc) is 2.56. The van der Waals surface area contributed by atoms with Crippen molar-refractivity contribution >= 4 is 6.03 Å². The highest BCUT2D eigenvalue weighted by molar-refractivity contribution is 5.73. The predicted octanol–water partition coefficient (Wildman–Crippen LogP) is 2.89. The van der Waals surface area contributed by atoms with Crippen LogP contribution >= 0.6 is 0 Å². The lowest BCUT2D eigenvalue weighted by molar-refractivity contribution is -0.139. The van der Waals surface area contributed by atoms with Crippen molar-refractivity contribution in [3.8, 4) is 11.5 Å². The first-order chi connectivity index (χ1) is 10.7. The van der Waals surface area contributed by atoms with Gasteiger partial charge in [0, 0.05) is 0 Å². The van der Waals surface area contributed by atoms with E-state index in [1.165, 1.54) is 5.06 Å². The molecule has 6 heteroatoms. The zero-order valence-corrected chi connectivity index (χ0v) is 13.4. The van der Waals surface area contributed by atoms with E-state index in [1.54, 1.807) is 7.11 Å². The van der Waals surface area contributed by atoms with Crippen LogP contribution in [0.1, 0.15) is 38.3 Å². The standard InChI is InChI=1S/C16H24N2O4/c1-4-21-14-8-7-13(11-15(14)20-3)12(2)17-16(19)18-9-5-6-10-22-18/h7-8,11-12H,4-6,9-10H2,1-3H3,(H,17,19)/t12-/m1/s1. The van der Waals surface area contributed by atoms with E-state index in [-0.39, 0.29) is 12.1 Å². The van der Waals surface area contributed by atoms with Crippen molar-refractivity contribution in [3.05, 3.63) is 23.8 Å². The second-order valence-electron chi connectivity index (χ2n) is 5.16. The van der Waals surface area contributed by atoms with Crippen molar-refractivity contribution in [2.75, 3.05) is 26.9 Å². The second-order valence-corrected chi connectivity index (χ2v) is 5.16. The van der Waals surface area contributed by atoms with E-state index in [1.807, 2.05) is 32.0 Å². The van der Waals surface area contributed by atoms with Crippen LogP contribution in [0.4, 0.5) is 4.79 Å². The number of carbonyl (C=O) groups is 1. The molecule has 0 aromatic heterocycles. The first kappa shape index (κ1) is 16.4. The summed E-state index contributed by atoms with van der Waals surface area (Å²) < 4.78 is 10.8. The fourth-order valence-corrected chi connectivity index (χ4v) is 2.33. The third-order valence-corrected chi connectivity index (χ3v) is 3.56. The van der Waals surface area contributed by atoms with Crippen LogP contribution in [0.3, 0.4) is 0 Å². The molecule has 0 unspecified atom stereocenters. The van der Waals surface area contributed by atoms with Crippen LogP contribution < -0.4 is 14.8 Å². The molecule has 1 N–H and O–H groups in total. The Balaban J connectivity index is 2.02. The number of carbonyl (C=O) groups excluding carboxylic acids is 1. The summed E-state index contributed by atoms with van der Waals surface area (Å²) in [6.45, 7) is 5.66. The molecule has 2 amide bonds. The van der Waals surface area contributed by atoms with Gasteiger partial charge < -0.3 is 14.8 Å². The number of benzene rings is 1. The Hall–Kier alpha value is -1.95. The summed E-state index contributed by atoms with van der Waals surface area (Å²) in [4.78, 5) is 17.5. The van der Waals surface area contributed by atoms with Crippen molar-refractivity contribution in [3.63, 3.8) is 0 Å². The maximum atomic E-state index is 12.1. The normalized spacial score (nSPS) is 16.0. The Morgan fingerprint density at radius 2 is 2.23 bits per heavy atom. The SMILES string of the molecule is CCOc1ccc([C@@H](C)NC(=O)N2CCCCO2)cc1OC. The van der Waals surface area contributed by atoms with Crippen molar-refractivity contribution in [1.29, 1.82) is 0 Å². The summed E-state index contributed by atoms with van der Waals surface area (Å²) in [5.74, 6) is 1.36. The summed E-state index contributed by atoms with van der Waals surface area (Å²) in [5, 5.41) is 4.33. The van der Waals surface area contributed by atoms with Crippen molar-refractivity contribution in [2.24, 2.45) is 0 Å². The molecule has 1 aliphatic heterocycles. The molecule has 0 aliphatic carbocycles. The molecular formula is C16H24N2O4. The summed E-state index contributed by atoms with van der Waals surface area (Å²) in [6, 6.07) is 5.31. The lowest BCUT2D eigenvalue weighted by Crippen LogP contribution is -2.43. The lowest BCUT2D eigenvalue weighted by Gasteiger charge is -2.27. The van der Waals surface area contributed by atoms with E-state index in [0.29, 0.717) is 31.3 Å². The Bertz CT molecular complexity index is 501. The van der Waals surface area contributed by atoms with Gasteiger partial charge in [-0.05, 0) is 44.4 Å². The molecule has 1 fully saturated rings. The average molecular weight is 308 g/mol. The van der Waals surface area contributed by atoms with Crippen LogP contribution in [0.25, 0.3) is 0 Å². The first-order valence-corrected chi connectivity index (χ1v) is 7.67. The van der Waals surface area contributed by atoms with E-state index in [0.717, 1.165) is 18.4 Å². The van der Waals surface area contributed by atoms with Gasteiger partial charge >= 0.3 is 6.03 Å². The topological polar surface area (TPSA) is 60.0 Å². The highest BCUT2D eigenvalue weighted by atomic mass is 16.7. The number of nitrogens with zero attached hydrogens (tertiary/aromatic N) is 1. The number of hydrogen-bond donors (Lipinski definition) is 1. The van der Waals surface area contributed by atoms with Crippen molar-refractivity contribution < 1.29 is 19.1 Å². The molecule has 0 bridgehead atoms. The third-order valence-electron chi connectivity index (χ3n) is 3.56. The van der Waals surface area contributed by atoms with Crippen LogP contribution in [0.2, 0.25) is 0 Å². The second kappa shape index (κ2) is 7.89. The molecule has 1 saturated heterocycles. The van der Waals surface area contributed by atoms with E-state index in [9.17, 15) is 4.79 Å². The van der Waals surface area contributed by atoms with Gasteiger partial charge in [-0.1, -0.05) is 6.07 Å². The quantitative estimate of drug-likeness (QED) is 0.908. The Morgan fingerprint density at radius 3 is 2.86 bits per heavy atom. The zero-order chi connectivity index (χ0) is 15.9. The van der Waals surface area contributed by atoms with Gasteiger partial charge in [0.15, 0.2) is 11.5 Å². The largest absolute Gasteiger partial charge is 0.493 e. The number of amides is 2. The molecule has 122 valence electrons. The minimum absolute atomic E-state index is 0.150. The van der Waals surface area contributed by atoms with E-state index in [2.05, 4.69) is 5.32 Å². The smallest absolute Gasteiger partial charge is 0.341 e. The van der Waals surface area contributed by atoms with Crippen molar-refractivity contribution in [2.45, 2.75) is 32.7 Å². The van der Waals surface area contributed by atoms with Gasteiger partial charge in [-0.15, -0.1) is 0 Å². The molecule has 1 heterocycles. The summed E-state index contributed by atoms with van der Waals surface area (Å²) in [5.41, 5.74) is 0.950. The fourth-order valence-electron chi connectivity index (χ4n) is 2.33. The summed E-state index contributed by atoms with van der Waals surface area (Å²) >= 11 is 0. The number of urea groups is 1. The minimum atomic E-state index is -0.208. The van der Waals surface area contributed by atoms with Crippen LogP contribution in [0.15, 0.2) is 18.2 Å². The first-order valence-electron chi connectivity index (χ1n) is 7.67. The molecular weight excluding hydrogens is 284 g/mol. The van der Waals surface area contributed by atoms with Gasteiger partial charge in [0.05, 0.1) is 32.9 Å². The van der Waals surface area contributed by atoms with E-state index in [4.69, 9.17) is 14.3 Å². The lowest BCUT2D eigenvalue weighted by atomic mass is 10.1. The van der Waals surface area contributed by atoms with Crippen LogP contribution in [-0.2, 0) is 4.84 Å². The summed E-state index contributed by atoms with van der Waals surface area (Å²) in [7, 11) is 1.60. The van der Waals surface area contributed by atoms with E-state index < -0.39 is 0 Å². The van der Waals surface area contributed by atoms with Gasteiger partial charge in [0.25, 0.3) is 0 Å². The fraction of sp³-hybridized carbons (Fsp3) is 0.562. The van der Waals surface area contributed by atoms with Gasteiger partial charge in [0.1, 0.15) is 0 Å². The van der Waals surface area contributed by atoms with Crippen molar-refractivity contribution in [1.82, 2.24) is 10.4 Å². The molecule has 0 saturated carbocycles. The maximum Gasteiger partial charge on any atom is 0.341 e. The van der Waals surface area contributed by atoms with Gasteiger partial charge in [0.2, 0.25) is 0 Å². The minimum Gasteiger partial charge on any atom is -0.493 e. The Labute approximate surface area is 131 Å². The van der Waals surface area contributed by atoms with Crippen LogP contribution in [0, 0.1) is 0 Å². The Morgan fingerprint density at radius 1 is 1.41 bits per heavy atom. The zero-order valence-electron chi connectivity index (χ0n) is 13.4. The molecule has 1 atom stereocenters. The van der Waals surface area contributed by atoms with E-state index >= 15 is 0 Å². The number of hydrogen-bond acceptors (Lipinski definition) is 4.